The van der Waals surface area contributed by atoms with Crippen LogP contribution in [0, 0.1) is 6.92 Å². The lowest BCUT2D eigenvalue weighted by molar-refractivity contribution is 0.575. The van der Waals surface area contributed by atoms with Crippen molar-refractivity contribution in [2.24, 2.45) is 0 Å². The molecule has 2 aromatic heterocycles. The summed E-state index contributed by atoms with van der Waals surface area (Å²) in [6, 6.07) is 4.28. The standard InChI is InChI=1S/C12H14N2OS2/c1-8-11(10-3-2-5-15-10)14-12(17-8)9-7-16-6-4-13-9/h2-3,5,9,13H,4,6-7H2,1H3. The molecule has 0 radical (unpaired) electrons. The van der Waals surface area contributed by atoms with Gasteiger partial charge in [-0.2, -0.15) is 11.8 Å². The summed E-state index contributed by atoms with van der Waals surface area (Å²) >= 11 is 3.76. The smallest absolute Gasteiger partial charge is 0.153 e. The number of nitrogens with one attached hydrogen (secondary N) is 1. The second-order valence-corrected chi connectivity index (χ2v) is 6.40. The van der Waals surface area contributed by atoms with E-state index >= 15 is 0 Å². The molecule has 0 aliphatic carbocycles. The number of hydrogen-bond acceptors (Lipinski definition) is 5. The van der Waals surface area contributed by atoms with E-state index in [9.17, 15) is 0 Å². The van der Waals surface area contributed by atoms with Gasteiger partial charge in [0.2, 0.25) is 0 Å². The summed E-state index contributed by atoms with van der Waals surface area (Å²) in [6.07, 6.45) is 1.70. The Balaban J connectivity index is 1.90. The highest BCUT2D eigenvalue weighted by atomic mass is 32.2. The molecule has 1 N–H and O–H groups in total. The molecule has 0 aromatic carbocycles. The number of nitrogens with zero attached hydrogens (tertiary/aromatic N) is 1. The molecule has 1 saturated heterocycles. The van der Waals surface area contributed by atoms with Gasteiger partial charge >= 0.3 is 0 Å². The second kappa shape index (κ2) is 4.84. The summed E-state index contributed by atoms with van der Waals surface area (Å²) < 4.78 is 5.42. The van der Waals surface area contributed by atoms with E-state index in [4.69, 9.17) is 9.40 Å². The van der Waals surface area contributed by atoms with E-state index in [1.807, 2.05) is 23.9 Å². The van der Waals surface area contributed by atoms with Gasteiger partial charge in [-0.3, -0.25) is 0 Å². The molecule has 5 heteroatoms. The number of rotatable bonds is 2. The molecule has 3 nitrogen and oxygen atoms in total. The van der Waals surface area contributed by atoms with Gasteiger partial charge in [0.15, 0.2) is 5.76 Å². The minimum Gasteiger partial charge on any atom is -0.463 e. The molecule has 1 fully saturated rings. The quantitative estimate of drug-likeness (QED) is 0.906. The van der Waals surface area contributed by atoms with Crippen molar-refractivity contribution < 1.29 is 4.42 Å². The summed E-state index contributed by atoms with van der Waals surface area (Å²) in [5.41, 5.74) is 0.993. The molecule has 1 aliphatic heterocycles. The molecule has 90 valence electrons. The maximum absolute atomic E-state index is 5.42. The number of hydrogen-bond donors (Lipinski definition) is 1. The molecule has 2 aromatic rings. The molecule has 0 spiro atoms. The molecule has 1 atom stereocenters. The Hall–Kier alpha value is -0.780. The van der Waals surface area contributed by atoms with Crippen LogP contribution in [0.15, 0.2) is 22.8 Å². The maximum atomic E-state index is 5.42. The van der Waals surface area contributed by atoms with Crippen LogP contribution in [0.25, 0.3) is 11.5 Å². The lowest BCUT2D eigenvalue weighted by Crippen LogP contribution is -2.30. The van der Waals surface area contributed by atoms with Gasteiger partial charge in [-0.25, -0.2) is 4.98 Å². The van der Waals surface area contributed by atoms with Gasteiger partial charge in [-0.15, -0.1) is 11.3 Å². The minimum absolute atomic E-state index is 0.404. The third-order valence-corrected chi connectivity index (χ3v) is 4.93. The van der Waals surface area contributed by atoms with E-state index < -0.39 is 0 Å². The van der Waals surface area contributed by atoms with E-state index in [2.05, 4.69) is 12.2 Å². The summed E-state index contributed by atoms with van der Waals surface area (Å²) in [5, 5.41) is 4.70. The fourth-order valence-electron chi connectivity index (χ4n) is 1.93. The molecule has 0 saturated carbocycles. The zero-order valence-electron chi connectivity index (χ0n) is 9.60. The topological polar surface area (TPSA) is 38.1 Å². The first kappa shape index (κ1) is 11.3. The predicted octanol–water partition coefficient (Wildman–Crippen LogP) is 3.09. The zero-order chi connectivity index (χ0) is 11.7. The first-order valence-corrected chi connectivity index (χ1v) is 7.64. The normalized spacial score (nSPS) is 20.6. The van der Waals surface area contributed by atoms with Crippen LogP contribution in [0.4, 0.5) is 0 Å². The predicted molar refractivity (Wildman–Crippen MR) is 72.6 cm³/mol. The highest BCUT2D eigenvalue weighted by molar-refractivity contribution is 7.99. The Labute approximate surface area is 109 Å². The van der Waals surface area contributed by atoms with Crippen LogP contribution in [0.5, 0.6) is 0 Å². The first-order valence-electron chi connectivity index (χ1n) is 5.67. The van der Waals surface area contributed by atoms with Crippen LogP contribution in [0.3, 0.4) is 0 Å². The Kier molecular flexibility index (Phi) is 3.22. The van der Waals surface area contributed by atoms with Crippen LogP contribution in [0.2, 0.25) is 0 Å². The Morgan fingerprint density at radius 3 is 3.18 bits per heavy atom. The van der Waals surface area contributed by atoms with Crippen molar-refractivity contribution in [2.75, 3.05) is 18.1 Å². The first-order chi connectivity index (χ1) is 8.34. The van der Waals surface area contributed by atoms with E-state index in [1.165, 1.54) is 15.6 Å². The van der Waals surface area contributed by atoms with Crippen molar-refractivity contribution >= 4 is 23.1 Å². The molecule has 0 amide bonds. The Morgan fingerprint density at radius 1 is 1.53 bits per heavy atom. The third-order valence-electron chi connectivity index (χ3n) is 2.79. The molecular formula is C12H14N2OS2. The molecule has 1 unspecified atom stereocenters. The van der Waals surface area contributed by atoms with Crippen molar-refractivity contribution in [3.8, 4) is 11.5 Å². The van der Waals surface area contributed by atoms with E-state index in [0.717, 1.165) is 23.8 Å². The summed E-state index contributed by atoms with van der Waals surface area (Å²) in [5.74, 6) is 3.18. The number of thiazole rings is 1. The van der Waals surface area contributed by atoms with Gasteiger partial charge in [0.1, 0.15) is 10.7 Å². The summed E-state index contributed by atoms with van der Waals surface area (Å²) in [7, 11) is 0. The third kappa shape index (κ3) is 2.27. The fourth-order valence-corrected chi connectivity index (χ4v) is 3.98. The van der Waals surface area contributed by atoms with Gasteiger partial charge in [-0.05, 0) is 19.1 Å². The largest absolute Gasteiger partial charge is 0.463 e. The van der Waals surface area contributed by atoms with Crippen LogP contribution in [-0.2, 0) is 0 Å². The highest BCUT2D eigenvalue weighted by Gasteiger charge is 2.21. The van der Waals surface area contributed by atoms with E-state index in [1.54, 1.807) is 17.6 Å². The van der Waals surface area contributed by atoms with Crippen LogP contribution < -0.4 is 5.32 Å². The van der Waals surface area contributed by atoms with Gasteiger partial charge < -0.3 is 9.73 Å². The van der Waals surface area contributed by atoms with E-state index in [-0.39, 0.29) is 0 Å². The number of aryl methyl sites for hydroxylation is 1. The second-order valence-electron chi connectivity index (χ2n) is 4.02. The molecular weight excluding hydrogens is 252 g/mol. The molecule has 3 rings (SSSR count). The Bertz CT molecular complexity index is 487. The number of thioether (sulfide) groups is 1. The fraction of sp³-hybridized carbons (Fsp3) is 0.417. The Morgan fingerprint density at radius 2 is 2.47 bits per heavy atom. The van der Waals surface area contributed by atoms with E-state index in [0.29, 0.717) is 6.04 Å². The zero-order valence-corrected chi connectivity index (χ0v) is 11.2. The maximum Gasteiger partial charge on any atom is 0.153 e. The van der Waals surface area contributed by atoms with Crippen molar-refractivity contribution in [3.05, 3.63) is 28.3 Å². The SMILES string of the molecule is Cc1sc(C2CSCCN2)nc1-c1ccco1. The monoisotopic (exact) mass is 266 g/mol. The van der Waals surface area contributed by atoms with Crippen LogP contribution in [-0.4, -0.2) is 23.0 Å². The molecule has 0 bridgehead atoms. The van der Waals surface area contributed by atoms with Crippen molar-refractivity contribution in [1.82, 2.24) is 10.3 Å². The lowest BCUT2D eigenvalue weighted by Gasteiger charge is -2.20. The highest BCUT2D eigenvalue weighted by Crippen LogP contribution is 2.32. The molecule has 1 aliphatic rings. The van der Waals surface area contributed by atoms with Crippen LogP contribution >= 0.6 is 23.1 Å². The summed E-state index contributed by atoms with van der Waals surface area (Å²) in [4.78, 5) is 5.95. The van der Waals surface area contributed by atoms with Gasteiger partial charge in [0.05, 0.1) is 12.3 Å². The van der Waals surface area contributed by atoms with Gasteiger partial charge in [-0.1, -0.05) is 0 Å². The van der Waals surface area contributed by atoms with Gasteiger partial charge in [0, 0.05) is 22.9 Å². The molecule has 17 heavy (non-hydrogen) atoms. The van der Waals surface area contributed by atoms with Crippen molar-refractivity contribution in [1.29, 1.82) is 0 Å². The average Bonchev–Trinajstić information content (AvgIpc) is 2.99. The van der Waals surface area contributed by atoms with Crippen LogP contribution in [0.1, 0.15) is 15.9 Å². The van der Waals surface area contributed by atoms with Crippen molar-refractivity contribution in [2.45, 2.75) is 13.0 Å². The number of aromatic nitrogens is 1. The average molecular weight is 266 g/mol. The number of furan rings is 1. The van der Waals surface area contributed by atoms with Crippen molar-refractivity contribution in [3.63, 3.8) is 0 Å². The summed E-state index contributed by atoms with van der Waals surface area (Å²) in [6.45, 7) is 3.18. The lowest BCUT2D eigenvalue weighted by atomic mass is 10.3. The molecule has 3 heterocycles. The minimum atomic E-state index is 0.404. The van der Waals surface area contributed by atoms with Gasteiger partial charge in [0.25, 0.3) is 0 Å².